The molecule has 10 aromatic rings. The Kier molecular flexibility index (Phi) is 4.19. The van der Waals surface area contributed by atoms with Gasteiger partial charge in [-0.05, 0) is 101 Å². The molecular formula is C46H28O. The molecule has 10 rings (SSSR count). The molecule has 0 unspecified atom stereocenters. The molecule has 0 spiro atoms. The van der Waals surface area contributed by atoms with Crippen LogP contribution in [0.4, 0.5) is 0 Å². The third-order valence-electron chi connectivity index (χ3n) is 9.30. The second-order valence-electron chi connectivity index (χ2n) is 11.8. The molecule has 0 aliphatic heterocycles. The van der Waals surface area contributed by atoms with E-state index < -0.39 is 24.2 Å². The van der Waals surface area contributed by atoms with E-state index in [1.54, 1.807) is 0 Å². The van der Waals surface area contributed by atoms with Crippen molar-refractivity contribution in [1.82, 2.24) is 0 Å². The fourth-order valence-electron chi connectivity index (χ4n) is 7.19. The van der Waals surface area contributed by atoms with Crippen molar-refractivity contribution < 1.29 is 15.4 Å². The van der Waals surface area contributed by atoms with Crippen molar-refractivity contribution in [3.8, 4) is 33.4 Å². The summed E-state index contributed by atoms with van der Waals surface area (Å²) in [6.45, 7) is 0. The van der Waals surface area contributed by atoms with E-state index in [0.717, 1.165) is 54.6 Å². The standard InChI is InChI=1S/C46H28O/c1-2-12-30-27-32(22-21-29(30)11-1)45-38-16-5-7-18-40(38)46(41-19-8-6-17-39(41)45)42-26-25-33(34-13-3-4-14-35(34)42)31-23-24-37-36-15-9-10-20-43(36)47-44(37)28-31/h1-28H/i5D,6D,7D,8D,16D,17D,18D,19D. The van der Waals surface area contributed by atoms with Crippen LogP contribution in [0.5, 0.6) is 0 Å². The van der Waals surface area contributed by atoms with Gasteiger partial charge in [-0.25, -0.2) is 0 Å². The number of furan rings is 1. The minimum atomic E-state index is -0.427. The fraction of sp³-hybridized carbons (Fsp3) is 0. The molecule has 0 saturated heterocycles. The Morgan fingerprint density at radius 2 is 0.915 bits per heavy atom. The zero-order chi connectivity index (χ0) is 37.9. The lowest BCUT2D eigenvalue weighted by Gasteiger charge is -2.20. The Bertz CT molecular complexity index is 3230. The first kappa shape index (κ1) is 19.4. The molecule has 0 fully saturated rings. The molecule has 0 aliphatic carbocycles. The van der Waals surface area contributed by atoms with Crippen molar-refractivity contribution in [1.29, 1.82) is 0 Å². The first-order valence-electron chi connectivity index (χ1n) is 19.5. The van der Waals surface area contributed by atoms with Crippen molar-refractivity contribution in [2.75, 3.05) is 0 Å². The molecule has 1 heteroatoms. The zero-order valence-electron chi connectivity index (χ0n) is 33.0. The summed E-state index contributed by atoms with van der Waals surface area (Å²) in [5.41, 5.74) is 5.19. The highest BCUT2D eigenvalue weighted by atomic mass is 16.3. The van der Waals surface area contributed by atoms with Gasteiger partial charge in [-0.2, -0.15) is 0 Å². The maximum atomic E-state index is 9.42. The van der Waals surface area contributed by atoms with Gasteiger partial charge in [0.2, 0.25) is 0 Å². The lowest BCUT2D eigenvalue weighted by atomic mass is 9.83. The van der Waals surface area contributed by atoms with Crippen LogP contribution >= 0.6 is 0 Å². The normalized spacial score (nSPS) is 14.2. The van der Waals surface area contributed by atoms with Gasteiger partial charge in [0.25, 0.3) is 0 Å². The van der Waals surface area contributed by atoms with Crippen molar-refractivity contribution >= 4 is 65.0 Å². The lowest BCUT2D eigenvalue weighted by Crippen LogP contribution is -1.92. The van der Waals surface area contributed by atoms with Crippen molar-refractivity contribution in [3.05, 3.63) is 170 Å². The summed E-state index contributed by atoms with van der Waals surface area (Å²) in [6, 6.07) is 36.3. The summed E-state index contributed by atoms with van der Waals surface area (Å²) < 4.78 is 79.1. The summed E-state index contributed by atoms with van der Waals surface area (Å²) in [7, 11) is 0. The number of benzene rings is 9. The predicted octanol–water partition coefficient (Wildman–Crippen LogP) is 13.2. The minimum absolute atomic E-state index is 0.188. The van der Waals surface area contributed by atoms with Gasteiger partial charge in [0.1, 0.15) is 11.2 Å². The molecule has 0 N–H and O–H groups in total. The summed E-state index contributed by atoms with van der Waals surface area (Å²) in [5, 5.41) is 6.26. The van der Waals surface area contributed by atoms with E-state index in [0.29, 0.717) is 22.3 Å². The lowest BCUT2D eigenvalue weighted by molar-refractivity contribution is 0.669. The summed E-state index contributed by atoms with van der Waals surface area (Å²) >= 11 is 0. The molecule has 9 aromatic carbocycles. The first-order chi connectivity index (χ1) is 26.6. The Morgan fingerprint density at radius 3 is 1.66 bits per heavy atom. The predicted molar refractivity (Wildman–Crippen MR) is 200 cm³/mol. The molecule has 218 valence electrons. The van der Waals surface area contributed by atoms with Gasteiger partial charge < -0.3 is 4.42 Å². The smallest absolute Gasteiger partial charge is 0.136 e. The van der Waals surface area contributed by atoms with E-state index >= 15 is 0 Å². The number of rotatable bonds is 3. The van der Waals surface area contributed by atoms with Crippen LogP contribution in [0, 0.1) is 0 Å². The van der Waals surface area contributed by atoms with Crippen LogP contribution in [0.1, 0.15) is 11.0 Å². The molecule has 0 radical (unpaired) electrons. The highest BCUT2D eigenvalue weighted by molar-refractivity contribution is 6.24. The molecule has 47 heavy (non-hydrogen) atoms. The number of para-hydroxylation sites is 1. The van der Waals surface area contributed by atoms with Crippen LogP contribution in [0.25, 0.3) is 98.4 Å². The molecule has 0 bridgehead atoms. The van der Waals surface area contributed by atoms with Gasteiger partial charge >= 0.3 is 0 Å². The zero-order valence-corrected chi connectivity index (χ0v) is 25.0. The fourth-order valence-corrected chi connectivity index (χ4v) is 7.19. The van der Waals surface area contributed by atoms with Crippen molar-refractivity contribution in [3.63, 3.8) is 0 Å². The molecule has 1 nitrogen and oxygen atoms in total. The molecule has 0 aliphatic rings. The third kappa shape index (κ3) is 3.97. The Morgan fingerprint density at radius 1 is 0.362 bits per heavy atom. The quantitative estimate of drug-likeness (QED) is 0.183. The second-order valence-corrected chi connectivity index (χ2v) is 11.8. The molecule has 0 saturated carbocycles. The monoisotopic (exact) mass is 604 g/mol. The number of hydrogen-bond acceptors (Lipinski definition) is 1. The average molecular weight is 605 g/mol. The Balaban J connectivity index is 1.36. The van der Waals surface area contributed by atoms with Gasteiger partial charge in [0.05, 0.1) is 11.0 Å². The molecule has 1 aromatic heterocycles. The van der Waals surface area contributed by atoms with Gasteiger partial charge in [-0.1, -0.05) is 145 Å². The maximum absolute atomic E-state index is 9.42. The van der Waals surface area contributed by atoms with E-state index in [1.807, 2.05) is 109 Å². The van der Waals surface area contributed by atoms with E-state index in [-0.39, 0.29) is 45.7 Å². The Hall–Kier alpha value is -6.18. The number of hydrogen-bond donors (Lipinski definition) is 0. The summed E-state index contributed by atoms with van der Waals surface area (Å²) in [6.07, 6.45) is 0. The molecule has 1 heterocycles. The van der Waals surface area contributed by atoms with Crippen LogP contribution in [0.3, 0.4) is 0 Å². The topological polar surface area (TPSA) is 13.1 Å². The maximum Gasteiger partial charge on any atom is 0.136 e. The highest BCUT2D eigenvalue weighted by Crippen LogP contribution is 2.47. The van der Waals surface area contributed by atoms with Crippen LogP contribution in [0.15, 0.2) is 174 Å². The van der Waals surface area contributed by atoms with E-state index in [2.05, 4.69) is 12.1 Å². The van der Waals surface area contributed by atoms with Gasteiger partial charge in [0, 0.05) is 10.8 Å². The van der Waals surface area contributed by atoms with Crippen molar-refractivity contribution in [2.45, 2.75) is 0 Å². The van der Waals surface area contributed by atoms with Crippen LogP contribution in [-0.2, 0) is 0 Å². The van der Waals surface area contributed by atoms with Crippen molar-refractivity contribution in [2.24, 2.45) is 0 Å². The molecular weight excluding hydrogens is 569 g/mol. The summed E-state index contributed by atoms with van der Waals surface area (Å²) in [5.74, 6) is 0. The Labute approximate surface area is 283 Å². The summed E-state index contributed by atoms with van der Waals surface area (Å²) in [4.78, 5) is 0. The second kappa shape index (κ2) is 10.2. The molecule has 0 atom stereocenters. The van der Waals surface area contributed by atoms with E-state index in [1.165, 1.54) is 0 Å². The van der Waals surface area contributed by atoms with Gasteiger partial charge in [-0.3, -0.25) is 0 Å². The van der Waals surface area contributed by atoms with E-state index in [9.17, 15) is 5.48 Å². The largest absolute Gasteiger partial charge is 0.456 e. The van der Waals surface area contributed by atoms with Crippen LogP contribution in [-0.4, -0.2) is 0 Å². The number of fused-ring (bicyclic) bond motifs is 7. The van der Waals surface area contributed by atoms with Gasteiger partial charge in [0.15, 0.2) is 0 Å². The highest BCUT2D eigenvalue weighted by Gasteiger charge is 2.19. The van der Waals surface area contributed by atoms with E-state index in [4.69, 9.17) is 9.90 Å². The average Bonchev–Trinajstić information content (AvgIpc) is 3.59. The van der Waals surface area contributed by atoms with Gasteiger partial charge in [-0.15, -0.1) is 0 Å². The first-order valence-corrected chi connectivity index (χ1v) is 15.5. The third-order valence-corrected chi connectivity index (χ3v) is 9.30. The minimum Gasteiger partial charge on any atom is -0.456 e. The SMILES string of the molecule is [2H]c1c([2H])c([2H])c2c(-c3ccc(-c4ccc5c(c4)oc4ccccc45)c4ccccc34)c3c([2H])c([2H])c([2H])c([2H])c3c(-c3ccc4ccccc4c3)c2c1[2H]. The molecule has 0 amide bonds. The van der Waals surface area contributed by atoms with Crippen LogP contribution in [0.2, 0.25) is 0 Å². The van der Waals surface area contributed by atoms with Crippen LogP contribution < -0.4 is 0 Å².